The zero-order valence-electron chi connectivity index (χ0n) is 10.7. The van der Waals surface area contributed by atoms with Crippen LogP contribution in [0.15, 0.2) is 18.2 Å². The van der Waals surface area contributed by atoms with Crippen molar-refractivity contribution in [3.8, 4) is 11.8 Å². The highest BCUT2D eigenvalue weighted by Gasteiger charge is 2.14. The van der Waals surface area contributed by atoms with E-state index in [1.54, 1.807) is 10.6 Å². The molecule has 7 heteroatoms. The normalized spacial score (nSPS) is 10.2. The first-order valence-electron chi connectivity index (χ1n) is 5.80. The molecule has 0 fully saturated rings. The number of carbonyl (C=O) groups is 1. The number of amides is 1. The first-order valence-corrected chi connectivity index (χ1v) is 5.80. The number of benzene rings is 1. The molecule has 104 valence electrons. The molecule has 0 saturated carbocycles. The third kappa shape index (κ3) is 2.49. The quantitative estimate of drug-likeness (QED) is 0.893. The molecule has 1 heterocycles. The molecule has 0 saturated heterocycles. The van der Waals surface area contributed by atoms with Crippen molar-refractivity contribution in [2.24, 2.45) is 0 Å². The van der Waals surface area contributed by atoms with Crippen LogP contribution in [0.2, 0.25) is 0 Å². The highest BCUT2D eigenvalue weighted by atomic mass is 19.1. The molecule has 1 aromatic heterocycles. The van der Waals surface area contributed by atoms with Crippen molar-refractivity contribution in [3.05, 3.63) is 29.7 Å². The lowest BCUT2D eigenvalue weighted by Gasteiger charge is -2.08. The van der Waals surface area contributed by atoms with Crippen molar-refractivity contribution in [1.29, 1.82) is 5.26 Å². The monoisotopic (exact) mass is 277 g/mol. The lowest BCUT2D eigenvalue weighted by atomic mass is 10.2. The van der Waals surface area contributed by atoms with E-state index in [4.69, 9.17) is 15.1 Å². The van der Waals surface area contributed by atoms with Gasteiger partial charge in [-0.2, -0.15) is 5.26 Å². The number of methoxy groups -OCH3 is 1. The van der Waals surface area contributed by atoms with E-state index < -0.39 is 11.9 Å². The molecule has 0 atom stereocenters. The Morgan fingerprint density at radius 3 is 2.90 bits per heavy atom. The third-order valence-electron chi connectivity index (χ3n) is 2.89. The Balaban J connectivity index is 2.49. The Morgan fingerprint density at radius 2 is 2.30 bits per heavy atom. The minimum Gasteiger partial charge on any atom is -0.496 e. The van der Waals surface area contributed by atoms with Gasteiger partial charge >= 0.3 is 6.09 Å². The van der Waals surface area contributed by atoms with Crippen LogP contribution in [-0.2, 0) is 6.54 Å². The number of ether oxygens (including phenoxy) is 1. The van der Waals surface area contributed by atoms with Crippen molar-refractivity contribution in [1.82, 2.24) is 9.88 Å². The van der Waals surface area contributed by atoms with Crippen molar-refractivity contribution in [3.63, 3.8) is 0 Å². The van der Waals surface area contributed by atoms with Crippen LogP contribution in [0.1, 0.15) is 5.69 Å². The molecule has 2 aromatic rings. The van der Waals surface area contributed by atoms with Gasteiger partial charge < -0.3 is 19.7 Å². The summed E-state index contributed by atoms with van der Waals surface area (Å²) in [7, 11) is 1.42. The average Bonchev–Trinajstić information content (AvgIpc) is 2.75. The Hall–Kier alpha value is -2.75. The fourth-order valence-corrected chi connectivity index (χ4v) is 2.07. The number of carboxylic acid groups (broad SMARTS) is 1. The maximum Gasteiger partial charge on any atom is 0.404 e. The smallest absolute Gasteiger partial charge is 0.404 e. The fourth-order valence-electron chi connectivity index (χ4n) is 2.07. The minimum absolute atomic E-state index is 0.118. The van der Waals surface area contributed by atoms with Gasteiger partial charge in [-0.3, -0.25) is 0 Å². The van der Waals surface area contributed by atoms with E-state index in [1.807, 2.05) is 6.07 Å². The Labute approximate surface area is 114 Å². The highest BCUT2D eigenvalue weighted by Crippen LogP contribution is 2.29. The zero-order chi connectivity index (χ0) is 14.7. The summed E-state index contributed by atoms with van der Waals surface area (Å²) in [5.74, 6) is -0.147. The van der Waals surface area contributed by atoms with E-state index in [0.29, 0.717) is 22.3 Å². The van der Waals surface area contributed by atoms with Gasteiger partial charge in [0.25, 0.3) is 0 Å². The van der Waals surface area contributed by atoms with E-state index >= 15 is 0 Å². The van der Waals surface area contributed by atoms with Crippen molar-refractivity contribution in [2.45, 2.75) is 6.54 Å². The average molecular weight is 277 g/mol. The molecule has 0 bridgehead atoms. The molecule has 0 spiro atoms. The van der Waals surface area contributed by atoms with Crippen LogP contribution >= 0.6 is 0 Å². The predicted molar refractivity (Wildman–Crippen MR) is 69.2 cm³/mol. The molecule has 1 amide bonds. The van der Waals surface area contributed by atoms with E-state index in [1.165, 1.54) is 19.2 Å². The number of nitrogens with zero attached hydrogens (tertiary/aromatic N) is 2. The molecule has 20 heavy (non-hydrogen) atoms. The summed E-state index contributed by atoms with van der Waals surface area (Å²) < 4.78 is 20.2. The Kier molecular flexibility index (Phi) is 3.75. The zero-order valence-corrected chi connectivity index (χ0v) is 10.7. The van der Waals surface area contributed by atoms with Crippen molar-refractivity contribution >= 4 is 17.0 Å². The van der Waals surface area contributed by atoms with Gasteiger partial charge in [0, 0.05) is 24.5 Å². The molecule has 1 aromatic carbocycles. The lowest BCUT2D eigenvalue weighted by Crippen LogP contribution is -2.25. The van der Waals surface area contributed by atoms with Crippen LogP contribution in [0, 0.1) is 17.1 Å². The lowest BCUT2D eigenvalue weighted by molar-refractivity contribution is 0.194. The van der Waals surface area contributed by atoms with Crippen LogP contribution < -0.4 is 10.1 Å². The van der Waals surface area contributed by atoms with Crippen molar-refractivity contribution in [2.75, 3.05) is 13.7 Å². The molecule has 2 rings (SSSR count). The van der Waals surface area contributed by atoms with Crippen molar-refractivity contribution < 1.29 is 19.0 Å². The van der Waals surface area contributed by atoms with Gasteiger partial charge in [-0.05, 0) is 12.1 Å². The summed E-state index contributed by atoms with van der Waals surface area (Å²) in [6.07, 6.45) is -1.15. The van der Waals surface area contributed by atoms with Crippen LogP contribution in [0.3, 0.4) is 0 Å². The third-order valence-corrected chi connectivity index (χ3v) is 2.89. The van der Waals surface area contributed by atoms with E-state index in [0.717, 1.165) is 0 Å². The molecule has 0 unspecified atom stereocenters. The first-order chi connectivity index (χ1) is 9.56. The summed E-state index contributed by atoms with van der Waals surface area (Å²) in [5.41, 5.74) is 0.807. The Bertz CT molecular complexity index is 703. The largest absolute Gasteiger partial charge is 0.496 e. The van der Waals surface area contributed by atoms with Gasteiger partial charge in [0.2, 0.25) is 0 Å². The van der Waals surface area contributed by atoms with Crippen LogP contribution in [0.4, 0.5) is 9.18 Å². The van der Waals surface area contributed by atoms with Gasteiger partial charge in [0.15, 0.2) is 0 Å². The second-order valence-corrected chi connectivity index (χ2v) is 4.07. The molecular formula is C13H12FN3O3. The summed E-state index contributed by atoms with van der Waals surface area (Å²) in [6, 6.07) is 6.13. The SMILES string of the molecule is COc1cc(F)cc2c1cc(C#N)n2CCNC(=O)O. The molecule has 0 aliphatic rings. The van der Waals surface area contributed by atoms with Gasteiger partial charge in [0.1, 0.15) is 23.3 Å². The maximum absolute atomic E-state index is 13.5. The highest BCUT2D eigenvalue weighted by molar-refractivity contribution is 5.88. The van der Waals surface area contributed by atoms with Gasteiger partial charge in [-0.1, -0.05) is 0 Å². The van der Waals surface area contributed by atoms with Crippen LogP contribution in [0.25, 0.3) is 10.9 Å². The summed E-state index contributed by atoms with van der Waals surface area (Å²) in [6.45, 7) is 0.345. The summed E-state index contributed by atoms with van der Waals surface area (Å²) >= 11 is 0. The van der Waals surface area contributed by atoms with Gasteiger partial charge in [-0.25, -0.2) is 9.18 Å². The molecule has 0 aliphatic heterocycles. The number of hydrogen-bond acceptors (Lipinski definition) is 3. The summed E-state index contributed by atoms with van der Waals surface area (Å²) in [4.78, 5) is 10.4. The minimum atomic E-state index is -1.15. The number of fused-ring (bicyclic) bond motifs is 1. The maximum atomic E-state index is 13.5. The molecule has 6 nitrogen and oxygen atoms in total. The Morgan fingerprint density at radius 1 is 1.55 bits per heavy atom. The van der Waals surface area contributed by atoms with Crippen LogP contribution in [-0.4, -0.2) is 29.4 Å². The summed E-state index contributed by atoms with van der Waals surface area (Å²) in [5, 5.41) is 20.5. The van der Waals surface area contributed by atoms with Gasteiger partial charge in [-0.15, -0.1) is 0 Å². The van der Waals surface area contributed by atoms with E-state index in [-0.39, 0.29) is 13.1 Å². The molecule has 0 aliphatic carbocycles. The number of nitrogens with one attached hydrogen (secondary N) is 1. The number of halogens is 1. The second kappa shape index (κ2) is 5.48. The van der Waals surface area contributed by atoms with E-state index in [9.17, 15) is 9.18 Å². The molecule has 2 N–H and O–H groups in total. The van der Waals surface area contributed by atoms with Crippen LogP contribution in [0.5, 0.6) is 5.75 Å². The second-order valence-electron chi connectivity index (χ2n) is 4.07. The predicted octanol–water partition coefficient (Wildman–Crippen LogP) is 1.93. The standard InChI is InChI=1S/C13H12FN3O3/c1-20-12-5-8(14)4-11-10(12)6-9(7-15)17(11)3-2-16-13(18)19/h4-6,16H,2-3H2,1H3,(H,18,19). The molecular weight excluding hydrogens is 265 g/mol. The van der Waals surface area contributed by atoms with E-state index in [2.05, 4.69) is 5.32 Å². The number of aromatic nitrogens is 1. The topological polar surface area (TPSA) is 87.3 Å². The number of nitriles is 1. The first kappa shape index (κ1) is 13.7. The fraction of sp³-hybridized carbons (Fsp3) is 0.231. The number of hydrogen-bond donors (Lipinski definition) is 2. The number of rotatable bonds is 4. The molecule has 0 radical (unpaired) electrons. The van der Waals surface area contributed by atoms with Gasteiger partial charge in [0.05, 0.1) is 12.6 Å².